The molecule has 0 aromatic heterocycles. The Morgan fingerprint density at radius 1 is 1.35 bits per heavy atom. The lowest BCUT2D eigenvalue weighted by Crippen LogP contribution is -2.33. The molecular weight excluding hydrogens is 242 g/mol. The van der Waals surface area contributed by atoms with Crippen LogP contribution < -0.4 is 14.8 Å². The number of morpholine rings is 1. The van der Waals surface area contributed by atoms with Crippen molar-refractivity contribution in [1.29, 1.82) is 0 Å². The summed E-state index contributed by atoms with van der Waals surface area (Å²) in [5.41, 5.74) is 0.927. The van der Waals surface area contributed by atoms with Gasteiger partial charge in [-0.15, -0.1) is 0 Å². The van der Waals surface area contributed by atoms with Gasteiger partial charge in [-0.05, 0) is 6.07 Å². The minimum absolute atomic E-state index is 0.0314. The summed E-state index contributed by atoms with van der Waals surface area (Å²) < 4.78 is 16.1. The number of nitrogens with one attached hydrogen (secondary N) is 1. The van der Waals surface area contributed by atoms with Gasteiger partial charge >= 0.3 is 0 Å². The second kappa shape index (κ2) is 5.58. The van der Waals surface area contributed by atoms with Crippen LogP contribution in [0.5, 0.6) is 11.5 Å². The van der Waals surface area contributed by atoms with Gasteiger partial charge in [-0.25, -0.2) is 0 Å². The first-order chi connectivity index (χ1) is 8.27. The molecule has 1 aliphatic heterocycles. The van der Waals surface area contributed by atoms with E-state index >= 15 is 0 Å². The Hall–Kier alpha value is -0.970. The van der Waals surface area contributed by atoms with Gasteiger partial charge in [-0.3, -0.25) is 0 Å². The fourth-order valence-corrected chi connectivity index (χ4v) is 2.27. The Balaban J connectivity index is 2.34. The van der Waals surface area contributed by atoms with E-state index in [1.165, 1.54) is 0 Å². The van der Waals surface area contributed by atoms with Crippen LogP contribution in [-0.2, 0) is 4.74 Å². The Bertz CT molecular complexity index is 392. The lowest BCUT2D eigenvalue weighted by Gasteiger charge is -2.25. The molecule has 0 amide bonds. The highest BCUT2D eigenvalue weighted by molar-refractivity contribution is 6.33. The molecule has 1 fully saturated rings. The first kappa shape index (κ1) is 12.5. The van der Waals surface area contributed by atoms with Gasteiger partial charge in [0.25, 0.3) is 0 Å². The zero-order valence-electron chi connectivity index (χ0n) is 9.96. The molecule has 0 radical (unpaired) electrons. The number of benzene rings is 1. The standard InChI is InChI=1S/C12H16ClNO3/c1-15-9-4-3-8(11(13)12(9)16-2)10-7-14-5-6-17-10/h3-4,10,14H,5-7H2,1-2H3. The van der Waals surface area contributed by atoms with Crippen molar-refractivity contribution >= 4 is 11.6 Å². The quantitative estimate of drug-likeness (QED) is 0.899. The van der Waals surface area contributed by atoms with Crippen molar-refractivity contribution in [1.82, 2.24) is 5.32 Å². The second-order valence-corrected chi connectivity index (χ2v) is 4.15. The van der Waals surface area contributed by atoms with Crippen molar-refractivity contribution in [2.24, 2.45) is 0 Å². The maximum absolute atomic E-state index is 6.31. The molecule has 1 unspecified atom stereocenters. The summed E-state index contributed by atoms with van der Waals surface area (Å²) in [5.74, 6) is 1.19. The van der Waals surface area contributed by atoms with Gasteiger partial charge in [0, 0.05) is 18.7 Å². The van der Waals surface area contributed by atoms with Crippen molar-refractivity contribution in [3.8, 4) is 11.5 Å². The molecule has 0 saturated carbocycles. The van der Waals surface area contributed by atoms with Crippen LogP contribution >= 0.6 is 11.6 Å². The van der Waals surface area contributed by atoms with Gasteiger partial charge in [0.2, 0.25) is 0 Å². The van der Waals surface area contributed by atoms with Crippen LogP contribution in [0.1, 0.15) is 11.7 Å². The third-order valence-corrected chi connectivity index (χ3v) is 3.18. The Morgan fingerprint density at radius 3 is 2.76 bits per heavy atom. The summed E-state index contributed by atoms with van der Waals surface area (Å²) in [5, 5.41) is 3.83. The Labute approximate surface area is 106 Å². The molecule has 17 heavy (non-hydrogen) atoms. The molecule has 1 aromatic rings. The zero-order chi connectivity index (χ0) is 12.3. The highest BCUT2D eigenvalue weighted by Crippen LogP contribution is 2.40. The van der Waals surface area contributed by atoms with Crippen LogP contribution in [0, 0.1) is 0 Å². The summed E-state index contributed by atoms with van der Waals surface area (Å²) in [6.45, 7) is 2.33. The average molecular weight is 258 g/mol. The van der Waals surface area contributed by atoms with Crippen LogP contribution in [0.15, 0.2) is 12.1 Å². The molecule has 1 heterocycles. The zero-order valence-corrected chi connectivity index (χ0v) is 10.7. The summed E-state index contributed by atoms with van der Waals surface area (Å²) in [6, 6.07) is 3.76. The van der Waals surface area contributed by atoms with Crippen molar-refractivity contribution in [2.45, 2.75) is 6.10 Å². The van der Waals surface area contributed by atoms with E-state index in [2.05, 4.69) is 5.32 Å². The number of halogens is 1. The summed E-state index contributed by atoms with van der Waals surface area (Å²) in [4.78, 5) is 0. The summed E-state index contributed by atoms with van der Waals surface area (Å²) >= 11 is 6.31. The molecule has 0 bridgehead atoms. The summed E-state index contributed by atoms with van der Waals surface area (Å²) in [6.07, 6.45) is -0.0314. The molecule has 4 nitrogen and oxygen atoms in total. The normalized spacial score (nSPS) is 20.1. The molecule has 0 spiro atoms. The van der Waals surface area contributed by atoms with E-state index in [0.29, 0.717) is 23.1 Å². The minimum Gasteiger partial charge on any atom is -0.493 e. The van der Waals surface area contributed by atoms with Crippen molar-refractivity contribution in [3.63, 3.8) is 0 Å². The largest absolute Gasteiger partial charge is 0.493 e. The van der Waals surface area contributed by atoms with E-state index in [4.69, 9.17) is 25.8 Å². The third kappa shape index (κ3) is 2.49. The number of ether oxygens (including phenoxy) is 3. The van der Waals surface area contributed by atoms with Crippen LogP contribution in [-0.4, -0.2) is 33.9 Å². The maximum atomic E-state index is 6.31. The Morgan fingerprint density at radius 2 is 2.18 bits per heavy atom. The van der Waals surface area contributed by atoms with Crippen LogP contribution in [0.25, 0.3) is 0 Å². The fraction of sp³-hybridized carbons (Fsp3) is 0.500. The van der Waals surface area contributed by atoms with E-state index in [1.54, 1.807) is 14.2 Å². The molecule has 1 atom stereocenters. The van der Waals surface area contributed by atoms with E-state index < -0.39 is 0 Å². The number of rotatable bonds is 3. The van der Waals surface area contributed by atoms with Gasteiger partial charge in [-0.2, -0.15) is 0 Å². The molecule has 1 aliphatic rings. The predicted molar refractivity (Wildman–Crippen MR) is 66.1 cm³/mol. The maximum Gasteiger partial charge on any atom is 0.179 e. The van der Waals surface area contributed by atoms with Gasteiger partial charge in [0.1, 0.15) is 0 Å². The smallest absolute Gasteiger partial charge is 0.179 e. The topological polar surface area (TPSA) is 39.7 Å². The lowest BCUT2D eigenvalue weighted by molar-refractivity contribution is 0.0276. The van der Waals surface area contributed by atoms with Crippen molar-refractivity contribution in [2.75, 3.05) is 33.9 Å². The van der Waals surface area contributed by atoms with Crippen molar-refractivity contribution in [3.05, 3.63) is 22.7 Å². The van der Waals surface area contributed by atoms with E-state index in [-0.39, 0.29) is 6.10 Å². The van der Waals surface area contributed by atoms with Crippen LogP contribution in [0.3, 0.4) is 0 Å². The van der Waals surface area contributed by atoms with Crippen LogP contribution in [0.2, 0.25) is 5.02 Å². The molecule has 2 rings (SSSR count). The molecular formula is C12H16ClNO3. The molecule has 1 N–H and O–H groups in total. The Kier molecular flexibility index (Phi) is 4.10. The second-order valence-electron chi connectivity index (χ2n) is 3.77. The highest BCUT2D eigenvalue weighted by Gasteiger charge is 2.22. The highest BCUT2D eigenvalue weighted by atomic mass is 35.5. The lowest BCUT2D eigenvalue weighted by atomic mass is 10.1. The summed E-state index contributed by atoms with van der Waals surface area (Å²) in [7, 11) is 3.17. The van der Waals surface area contributed by atoms with Gasteiger partial charge in [0.05, 0.1) is 32.0 Å². The van der Waals surface area contributed by atoms with E-state index in [9.17, 15) is 0 Å². The molecule has 5 heteroatoms. The first-order valence-corrected chi connectivity index (χ1v) is 5.88. The number of hydrogen-bond donors (Lipinski definition) is 1. The average Bonchev–Trinajstić information content (AvgIpc) is 2.39. The van der Waals surface area contributed by atoms with Gasteiger partial charge in [0.15, 0.2) is 11.5 Å². The van der Waals surface area contributed by atoms with Crippen LogP contribution in [0.4, 0.5) is 0 Å². The van der Waals surface area contributed by atoms with Crippen molar-refractivity contribution < 1.29 is 14.2 Å². The molecule has 94 valence electrons. The molecule has 1 saturated heterocycles. The number of methoxy groups -OCH3 is 2. The van der Waals surface area contributed by atoms with E-state index in [1.807, 2.05) is 12.1 Å². The fourth-order valence-electron chi connectivity index (χ4n) is 1.92. The number of hydrogen-bond acceptors (Lipinski definition) is 4. The van der Waals surface area contributed by atoms with Gasteiger partial charge < -0.3 is 19.5 Å². The molecule has 1 aromatic carbocycles. The third-order valence-electron chi connectivity index (χ3n) is 2.79. The van der Waals surface area contributed by atoms with E-state index in [0.717, 1.165) is 18.7 Å². The SMILES string of the molecule is COc1ccc(C2CNCCO2)c(Cl)c1OC. The first-order valence-electron chi connectivity index (χ1n) is 5.50. The predicted octanol–water partition coefficient (Wildman–Crippen LogP) is 2.02. The minimum atomic E-state index is -0.0314. The molecule has 0 aliphatic carbocycles. The van der Waals surface area contributed by atoms with Gasteiger partial charge in [-0.1, -0.05) is 17.7 Å². The monoisotopic (exact) mass is 257 g/mol.